The summed E-state index contributed by atoms with van der Waals surface area (Å²) < 4.78 is 63.0. The van der Waals surface area contributed by atoms with Gasteiger partial charge >= 0.3 is 11.9 Å². The summed E-state index contributed by atoms with van der Waals surface area (Å²) in [6.07, 6.45) is 17.7. The zero-order valence-electron chi connectivity index (χ0n) is 59.1. The number of rotatable bonds is 30. The van der Waals surface area contributed by atoms with Gasteiger partial charge in [0, 0.05) is 44.3 Å². The molecule has 4 unspecified atom stereocenters. The average Bonchev–Trinajstić information content (AvgIpc) is 1.73. The Kier molecular flexibility index (Phi) is 33.4. The van der Waals surface area contributed by atoms with Gasteiger partial charge in [0.25, 0.3) is 0 Å². The highest BCUT2D eigenvalue weighted by molar-refractivity contribution is 6.74. The minimum atomic E-state index is -1.83. The van der Waals surface area contributed by atoms with E-state index in [0.29, 0.717) is 55.5 Å². The van der Waals surface area contributed by atoms with Gasteiger partial charge in [-0.2, -0.15) is 0 Å². The number of methoxy groups -OCH3 is 2. The van der Waals surface area contributed by atoms with Gasteiger partial charge in [-0.25, -0.2) is 0 Å². The lowest BCUT2D eigenvalue weighted by atomic mass is 9.79. The number of carbonyl (C=O) groups is 3. The minimum absolute atomic E-state index is 0. The molecule has 6 fully saturated rings. The van der Waals surface area contributed by atoms with Crippen LogP contribution in [0.25, 0.3) is 0 Å². The molecule has 0 spiro atoms. The number of esters is 2. The monoisotopic (exact) mass is 1300 g/mol. The third-order valence-corrected chi connectivity index (χ3v) is 31.3. The van der Waals surface area contributed by atoms with E-state index in [1.165, 1.54) is 32.6 Å². The first-order chi connectivity index (χ1) is 41.1. The van der Waals surface area contributed by atoms with Crippen LogP contribution in [-0.4, -0.2) is 136 Å². The Balaban J connectivity index is 0.000000460. The fourth-order valence-corrected chi connectivity index (χ4v) is 16.2. The van der Waals surface area contributed by atoms with Gasteiger partial charge in [0.15, 0.2) is 16.6 Å². The number of aldehydes is 1. The van der Waals surface area contributed by atoms with Crippen molar-refractivity contribution < 1.29 is 61.1 Å². The number of carbonyl (C=O) groups excluding carboxylic acids is 3. The van der Waals surface area contributed by atoms with E-state index >= 15 is 0 Å². The predicted molar refractivity (Wildman–Crippen MR) is 374 cm³/mol. The molecule has 0 bridgehead atoms. The molecule has 0 saturated carbocycles. The largest absolute Gasteiger partial charge is 0.469 e. The van der Waals surface area contributed by atoms with Crippen molar-refractivity contribution in [2.75, 3.05) is 27.4 Å². The standard InChI is InChI=1S/C37H66O6Si.C36H62O7Si.2CH4/c1-13-14-15-29-20-26(4)32(41-29)17-16-30-19-25(3)27(5)34(42-30)22-35-31(21-36(38)39-10)28(6)33(43-35)18-24(2)23-40-44(11,12)37(7,8)9;1-23(22-40-44(10,11)36(6,7)8)17-32-27(5)30(20-35(38)39-9)34(43-32)21-33-26(4)24(2)18-29(42-33)14-15-31-25(3)19-28(41-31)13-12-16-37;;/h24-25,28-35H,4-5,13-23H2,1-3,6-12H3;16,23-24,27-34H,3-4,12-15,17-22H2,1-2,5-11H3;2*1H4/t24-,25+,28+,29-,30-,31+,32?,33+,34+,35?;23-,24+,27+,28-,29-,30+,31?,32+,33+,34?;;/m00../s1. The first kappa shape index (κ1) is 81.9. The molecule has 0 aromatic rings. The molecule has 6 saturated heterocycles. The van der Waals surface area contributed by atoms with Crippen LogP contribution in [0.2, 0.25) is 36.3 Å². The third-order valence-electron chi connectivity index (χ3n) is 22.3. The highest BCUT2D eigenvalue weighted by Crippen LogP contribution is 2.47. The summed E-state index contributed by atoms with van der Waals surface area (Å²) in [4.78, 5) is 35.8. The van der Waals surface area contributed by atoms with Crippen molar-refractivity contribution in [2.45, 2.75) is 336 Å². The van der Waals surface area contributed by atoms with Crippen LogP contribution in [0.3, 0.4) is 0 Å². The molecule has 0 N–H and O–H groups in total. The van der Waals surface area contributed by atoms with Gasteiger partial charge in [0.2, 0.25) is 0 Å². The maximum atomic E-state index is 12.5. The van der Waals surface area contributed by atoms with Crippen LogP contribution in [0.1, 0.15) is 227 Å². The average molecular weight is 1300 g/mol. The second-order valence-electron chi connectivity index (χ2n) is 31.5. The fraction of sp³-hybridized carbons (Fsp3) is 0.853. The summed E-state index contributed by atoms with van der Waals surface area (Å²) in [5.74, 6) is 1.69. The SMILES string of the molecule is C.C.C=C1C[C@H](CCC=O)OC1CC[C@H]1C[C@@H](C)C(=C)[C@@H](CC2O[C@H](C[C@H](C)CO[Si](C)(C)C(C)(C)C)[C@H](C)[C@H]2CC(=O)OC)O1.C=C1C[C@H](CCCC)OC1CC[C@H]1C[C@@H](C)C(=C)[C@@H](CC2O[C@H](C[C@H](C)CO[Si](C)(C)C(C)(C)C)[C@H](C)[C@H]2CC(=O)OC)O1. The van der Waals surface area contributed by atoms with Crippen molar-refractivity contribution in [1.82, 2.24) is 0 Å². The van der Waals surface area contributed by atoms with E-state index in [1.54, 1.807) is 0 Å². The Morgan fingerprint density at radius 1 is 0.556 bits per heavy atom. The highest BCUT2D eigenvalue weighted by atomic mass is 28.4. The second kappa shape index (κ2) is 36.7. The number of hydrogen-bond acceptors (Lipinski definition) is 13. The number of hydrogen-bond donors (Lipinski definition) is 0. The molecule has 20 atom stereocenters. The van der Waals surface area contributed by atoms with E-state index in [9.17, 15) is 14.4 Å². The van der Waals surface area contributed by atoms with Gasteiger partial charge in [0.05, 0.1) is 100 Å². The molecule has 0 aromatic heterocycles. The zero-order valence-corrected chi connectivity index (χ0v) is 61.1. The summed E-state index contributed by atoms with van der Waals surface area (Å²) in [5.41, 5.74) is 4.63. The molecule has 6 aliphatic rings. The van der Waals surface area contributed by atoms with Gasteiger partial charge in [0.1, 0.15) is 6.29 Å². The predicted octanol–water partition coefficient (Wildman–Crippen LogP) is 18.1. The minimum Gasteiger partial charge on any atom is -0.469 e. The van der Waals surface area contributed by atoms with Crippen LogP contribution >= 0.6 is 0 Å². The van der Waals surface area contributed by atoms with Crippen LogP contribution in [0.4, 0.5) is 0 Å². The fourth-order valence-electron chi connectivity index (χ4n) is 13.9. The van der Waals surface area contributed by atoms with Crippen molar-refractivity contribution in [1.29, 1.82) is 0 Å². The number of ether oxygens (including phenoxy) is 8. The molecular formula is C75H136O13Si2. The lowest BCUT2D eigenvalue weighted by Gasteiger charge is -2.38. The molecule has 6 aliphatic heterocycles. The van der Waals surface area contributed by atoms with Gasteiger partial charge in [-0.3, -0.25) is 9.59 Å². The summed E-state index contributed by atoms with van der Waals surface area (Å²) in [6, 6.07) is 0. The maximum Gasteiger partial charge on any atom is 0.305 e. The Labute approximate surface area is 553 Å². The van der Waals surface area contributed by atoms with Gasteiger partial charge < -0.3 is 51.5 Å². The lowest BCUT2D eigenvalue weighted by Crippen LogP contribution is -2.42. The lowest BCUT2D eigenvalue weighted by molar-refractivity contribution is -0.143. The molecule has 0 amide bonds. The van der Waals surface area contributed by atoms with E-state index in [-0.39, 0.29) is 128 Å². The van der Waals surface area contributed by atoms with Gasteiger partial charge in [-0.1, -0.05) is 144 Å². The molecular weight excluding hydrogens is 1160 g/mol. The van der Waals surface area contributed by atoms with E-state index in [4.69, 9.17) is 46.7 Å². The zero-order chi connectivity index (χ0) is 65.6. The molecule has 0 aliphatic carbocycles. The summed E-state index contributed by atoms with van der Waals surface area (Å²) in [7, 11) is -0.707. The van der Waals surface area contributed by atoms with Crippen LogP contribution in [0.5, 0.6) is 0 Å². The Morgan fingerprint density at radius 2 is 0.922 bits per heavy atom. The van der Waals surface area contributed by atoms with Crippen LogP contribution < -0.4 is 0 Å². The Morgan fingerprint density at radius 3 is 1.27 bits per heavy atom. The molecule has 0 radical (unpaired) electrons. The van der Waals surface area contributed by atoms with Crippen molar-refractivity contribution in [3.05, 3.63) is 48.6 Å². The number of unbranched alkanes of at least 4 members (excludes halogenated alkanes) is 1. The van der Waals surface area contributed by atoms with Crippen LogP contribution in [0.15, 0.2) is 48.6 Å². The van der Waals surface area contributed by atoms with Crippen molar-refractivity contribution in [3.63, 3.8) is 0 Å². The Hall–Kier alpha value is -2.32. The molecule has 13 nitrogen and oxygen atoms in total. The molecule has 0 aromatic carbocycles. The second-order valence-corrected chi connectivity index (χ2v) is 41.1. The topological polar surface area (TPSA) is 144 Å². The van der Waals surface area contributed by atoms with Crippen LogP contribution in [-0.2, 0) is 61.1 Å². The summed E-state index contributed by atoms with van der Waals surface area (Å²) in [5, 5.41) is 0.364. The van der Waals surface area contributed by atoms with E-state index < -0.39 is 16.6 Å². The maximum absolute atomic E-state index is 12.5. The molecule has 90 heavy (non-hydrogen) atoms. The highest BCUT2D eigenvalue weighted by Gasteiger charge is 2.48. The van der Waals surface area contributed by atoms with Gasteiger partial charge in [-0.15, -0.1) is 0 Å². The van der Waals surface area contributed by atoms with Crippen molar-refractivity contribution in [3.8, 4) is 0 Å². The van der Waals surface area contributed by atoms with Crippen LogP contribution in [0, 0.1) is 47.3 Å². The first-order valence-electron chi connectivity index (χ1n) is 34.6. The Bertz CT molecular complexity index is 2250. The molecule has 522 valence electrons. The summed E-state index contributed by atoms with van der Waals surface area (Å²) in [6.45, 7) is 57.6. The summed E-state index contributed by atoms with van der Waals surface area (Å²) >= 11 is 0. The molecule has 6 rings (SSSR count). The van der Waals surface area contributed by atoms with Gasteiger partial charge in [-0.05, 0) is 171 Å². The quantitative estimate of drug-likeness (QED) is 0.0291. The smallest absolute Gasteiger partial charge is 0.305 e. The normalized spacial score (nSPS) is 33.2. The van der Waals surface area contributed by atoms with Crippen molar-refractivity contribution in [2.24, 2.45) is 47.3 Å². The van der Waals surface area contributed by atoms with E-state index in [0.717, 1.165) is 120 Å². The molecule has 15 heteroatoms. The molecule has 6 heterocycles. The first-order valence-corrected chi connectivity index (χ1v) is 40.4. The van der Waals surface area contributed by atoms with E-state index in [2.05, 4.69) is 143 Å². The third kappa shape index (κ3) is 23.5. The van der Waals surface area contributed by atoms with Crippen molar-refractivity contribution >= 4 is 34.9 Å². The van der Waals surface area contributed by atoms with E-state index in [1.807, 2.05) is 0 Å².